The minimum absolute atomic E-state index is 0.244. The van der Waals surface area contributed by atoms with Crippen molar-refractivity contribution in [1.29, 1.82) is 0 Å². The monoisotopic (exact) mass is 408 g/mol. The highest BCUT2D eigenvalue weighted by molar-refractivity contribution is 7.85. The van der Waals surface area contributed by atoms with Gasteiger partial charge in [0.25, 0.3) is 16.0 Å². The van der Waals surface area contributed by atoms with Crippen LogP contribution in [0.15, 0.2) is 59.7 Å². The highest BCUT2D eigenvalue weighted by atomic mass is 35.5. The molecule has 2 aromatic carbocycles. The molecule has 0 unspecified atom stereocenters. The second-order valence-electron chi connectivity index (χ2n) is 5.45. The lowest BCUT2D eigenvalue weighted by Crippen LogP contribution is -2.24. The SMILES string of the molecule is CS(=O)(=O)O.N/C(=N\NC(=O)c1cc2cc(Cl)ccc2[nH]1)c1ccccc1. The number of carbonyl (C=O) groups excluding carboxylic acids is 1. The quantitative estimate of drug-likeness (QED) is 0.228. The van der Waals surface area contributed by atoms with E-state index in [1.165, 1.54) is 0 Å². The molecule has 8 nitrogen and oxygen atoms in total. The molecule has 0 aliphatic carbocycles. The molecule has 3 aromatic rings. The molecule has 0 saturated carbocycles. The number of rotatable bonds is 3. The lowest BCUT2D eigenvalue weighted by Gasteiger charge is -2.01. The van der Waals surface area contributed by atoms with E-state index in [1.807, 2.05) is 36.4 Å². The topological polar surface area (TPSA) is 138 Å². The van der Waals surface area contributed by atoms with Gasteiger partial charge in [0.1, 0.15) is 5.69 Å². The summed E-state index contributed by atoms with van der Waals surface area (Å²) in [6, 6.07) is 16.3. The van der Waals surface area contributed by atoms with E-state index in [4.69, 9.17) is 21.9 Å². The predicted octanol–water partition coefficient (Wildman–Crippen LogP) is 2.38. The highest BCUT2D eigenvalue weighted by Crippen LogP contribution is 2.20. The third-order valence-corrected chi connectivity index (χ3v) is 3.41. The molecular weight excluding hydrogens is 392 g/mol. The Morgan fingerprint density at radius 2 is 1.81 bits per heavy atom. The van der Waals surface area contributed by atoms with Crippen LogP contribution < -0.4 is 11.2 Å². The smallest absolute Gasteiger partial charge is 0.287 e. The van der Waals surface area contributed by atoms with E-state index < -0.39 is 10.1 Å². The Hall–Kier alpha value is -2.88. The van der Waals surface area contributed by atoms with Crippen molar-refractivity contribution >= 4 is 44.4 Å². The van der Waals surface area contributed by atoms with E-state index in [2.05, 4.69) is 15.5 Å². The molecule has 0 saturated heterocycles. The van der Waals surface area contributed by atoms with Crippen LogP contribution in [-0.2, 0) is 10.1 Å². The fourth-order valence-corrected chi connectivity index (χ4v) is 2.25. The summed E-state index contributed by atoms with van der Waals surface area (Å²) >= 11 is 5.93. The molecule has 0 atom stereocenters. The Kier molecular flexibility index (Phi) is 6.56. The minimum Gasteiger partial charge on any atom is -0.382 e. The number of nitrogens with two attached hydrogens (primary N) is 1. The van der Waals surface area contributed by atoms with Crippen molar-refractivity contribution in [3.05, 3.63) is 70.9 Å². The summed E-state index contributed by atoms with van der Waals surface area (Å²) in [7, 11) is -3.67. The number of amides is 1. The van der Waals surface area contributed by atoms with Crippen LogP contribution in [0.25, 0.3) is 10.9 Å². The van der Waals surface area contributed by atoms with Crippen LogP contribution in [0.5, 0.6) is 0 Å². The zero-order valence-corrected chi connectivity index (χ0v) is 15.8. The lowest BCUT2D eigenvalue weighted by molar-refractivity contribution is 0.0950. The zero-order valence-electron chi connectivity index (χ0n) is 14.2. The van der Waals surface area contributed by atoms with Crippen LogP contribution in [0, 0.1) is 0 Å². The standard InChI is InChI=1S/C16H13ClN4O.CH4O3S/c17-12-6-7-13-11(8-12)9-14(19-13)16(22)21-20-15(18)10-4-2-1-3-5-10;1-5(2,3)4/h1-9,19H,(H2,18,20)(H,21,22);1H3,(H,2,3,4). The maximum Gasteiger partial charge on any atom is 0.287 e. The van der Waals surface area contributed by atoms with Crippen molar-refractivity contribution in [3.63, 3.8) is 0 Å². The summed E-state index contributed by atoms with van der Waals surface area (Å²) in [6.45, 7) is 0. The van der Waals surface area contributed by atoms with E-state index in [0.717, 1.165) is 16.5 Å². The number of aromatic nitrogens is 1. The molecule has 0 aliphatic rings. The van der Waals surface area contributed by atoms with Crippen molar-refractivity contribution in [2.45, 2.75) is 0 Å². The number of hydrogen-bond acceptors (Lipinski definition) is 4. The van der Waals surface area contributed by atoms with Crippen LogP contribution in [0.2, 0.25) is 5.02 Å². The number of halogens is 1. The third-order valence-electron chi connectivity index (χ3n) is 3.17. The molecule has 0 fully saturated rings. The van der Waals surface area contributed by atoms with Gasteiger partial charge in [-0.25, -0.2) is 5.43 Å². The summed E-state index contributed by atoms with van der Waals surface area (Å²) in [6.07, 6.45) is 0.715. The average molecular weight is 409 g/mol. The van der Waals surface area contributed by atoms with Crippen molar-refractivity contribution in [2.75, 3.05) is 6.26 Å². The molecule has 1 aromatic heterocycles. The van der Waals surface area contributed by atoms with Crippen molar-refractivity contribution < 1.29 is 17.8 Å². The van der Waals surface area contributed by atoms with E-state index >= 15 is 0 Å². The Morgan fingerprint density at radius 3 is 2.44 bits per heavy atom. The minimum atomic E-state index is -3.67. The summed E-state index contributed by atoms with van der Waals surface area (Å²) < 4.78 is 25.9. The first-order chi connectivity index (χ1) is 12.6. The Balaban J connectivity index is 0.000000465. The number of hydrogen-bond donors (Lipinski definition) is 4. The van der Waals surface area contributed by atoms with Crippen LogP contribution in [0.3, 0.4) is 0 Å². The van der Waals surface area contributed by atoms with E-state index in [0.29, 0.717) is 17.0 Å². The predicted molar refractivity (Wildman–Crippen MR) is 105 cm³/mol. The van der Waals surface area contributed by atoms with Crippen molar-refractivity contribution in [1.82, 2.24) is 10.4 Å². The van der Waals surface area contributed by atoms with Crippen LogP contribution in [-0.4, -0.2) is 36.0 Å². The zero-order chi connectivity index (χ0) is 20.0. The maximum absolute atomic E-state index is 12.1. The van der Waals surface area contributed by atoms with Gasteiger partial charge >= 0.3 is 0 Å². The Labute approximate surface area is 160 Å². The molecule has 0 bridgehead atoms. The van der Waals surface area contributed by atoms with E-state index in [-0.39, 0.29) is 11.7 Å². The molecule has 27 heavy (non-hydrogen) atoms. The largest absolute Gasteiger partial charge is 0.382 e. The summed E-state index contributed by atoms with van der Waals surface area (Å²) in [5, 5.41) is 5.38. The van der Waals surface area contributed by atoms with Gasteiger partial charge in [-0.1, -0.05) is 41.9 Å². The molecule has 10 heteroatoms. The average Bonchev–Trinajstić information content (AvgIpc) is 3.02. The fourth-order valence-electron chi connectivity index (χ4n) is 2.07. The second-order valence-corrected chi connectivity index (χ2v) is 7.35. The van der Waals surface area contributed by atoms with Gasteiger partial charge in [0.05, 0.1) is 6.26 Å². The Morgan fingerprint density at radius 1 is 1.19 bits per heavy atom. The molecule has 142 valence electrons. The number of aromatic amines is 1. The maximum atomic E-state index is 12.1. The van der Waals surface area contributed by atoms with Gasteiger partial charge in [-0.15, -0.1) is 0 Å². The van der Waals surface area contributed by atoms with Gasteiger partial charge in [-0.3, -0.25) is 9.35 Å². The van der Waals surface area contributed by atoms with Crippen LogP contribution >= 0.6 is 11.6 Å². The second kappa shape index (κ2) is 8.67. The van der Waals surface area contributed by atoms with Gasteiger partial charge in [0.15, 0.2) is 5.84 Å². The highest BCUT2D eigenvalue weighted by Gasteiger charge is 2.09. The van der Waals surface area contributed by atoms with Gasteiger partial charge in [0, 0.05) is 21.5 Å². The Bertz CT molecular complexity index is 1070. The molecule has 0 radical (unpaired) electrons. The number of amidine groups is 1. The van der Waals surface area contributed by atoms with Crippen LogP contribution in [0.1, 0.15) is 16.1 Å². The third kappa shape index (κ3) is 6.74. The molecule has 3 rings (SSSR count). The first kappa shape index (κ1) is 20.4. The first-order valence-corrected chi connectivity index (χ1v) is 9.76. The first-order valence-electron chi connectivity index (χ1n) is 7.53. The van der Waals surface area contributed by atoms with Crippen LogP contribution in [0.4, 0.5) is 0 Å². The van der Waals surface area contributed by atoms with Crippen molar-refractivity contribution in [3.8, 4) is 0 Å². The lowest BCUT2D eigenvalue weighted by atomic mass is 10.2. The number of nitrogens with one attached hydrogen (secondary N) is 2. The molecule has 5 N–H and O–H groups in total. The molecule has 1 amide bonds. The van der Waals surface area contributed by atoms with Gasteiger partial charge in [0.2, 0.25) is 0 Å². The molecule has 0 aliphatic heterocycles. The van der Waals surface area contributed by atoms with Gasteiger partial charge < -0.3 is 10.7 Å². The van der Waals surface area contributed by atoms with E-state index in [9.17, 15) is 13.2 Å². The van der Waals surface area contributed by atoms with Gasteiger partial charge in [-0.05, 0) is 24.3 Å². The normalized spacial score (nSPS) is 11.6. The van der Waals surface area contributed by atoms with Gasteiger partial charge in [-0.2, -0.15) is 13.5 Å². The fraction of sp³-hybridized carbons (Fsp3) is 0.0588. The molecule has 0 spiro atoms. The van der Waals surface area contributed by atoms with Crippen molar-refractivity contribution in [2.24, 2.45) is 10.8 Å². The summed E-state index contributed by atoms with van der Waals surface area (Å²) in [4.78, 5) is 15.1. The summed E-state index contributed by atoms with van der Waals surface area (Å²) in [5.41, 5.74) is 10.2. The number of nitrogens with zero attached hydrogens (tertiary/aromatic N) is 1. The van der Waals surface area contributed by atoms with E-state index in [1.54, 1.807) is 18.2 Å². The molecule has 1 heterocycles. The number of hydrazone groups is 1. The number of benzene rings is 2. The number of fused-ring (bicyclic) bond motifs is 1. The number of carbonyl (C=O) groups is 1. The number of H-pyrrole nitrogens is 1. The molecular formula is C17H17ClN4O4S. The summed E-state index contributed by atoms with van der Waals surface area (Å²) in [5.74, 6) is -0.126.